The summed E-state index contributed by atoms with van der Waals surface area (Å²) in [5, 5.41) is 12.5. The van der Waals surface area contributed by atoms with Gasteiger partial charge < -0.3 is 20.1 Å². The van der Waals surface area contributed by atoms with E-state index in [-0.39, 0.29) is 18.7 Å². The molecule has 22 heavy (non-hydrogen) atoms. The fourth-order valence-electron chi connectivity index (χ4n) is 2.67. The molecule has 1 aliphatic heterocycles. The number of nitrogens with zero attached hydrogens (tertiary/aromatic N) is 1. The summed E-state index contributed by atoms with van der Waals surface area (Å²) in [4.78, 5) is 14.0. The summed E-state index contributed by atoms with van der Waals surface area (Å²) in [6.45, 7) is 7.60. The second-order valence-corrected chi connectivity index (χ2v) is 5.58. The van der Waals surface area contributed by atoms with Crippen molar-refractivity contribution in [2.75, 3.05) is 32.9 Å². The highest BCUT2D eigenvalue weighted by Crippen LogP contribution is 2.29. The summed E-state index contributed by atoms with van der Waals surface area (Å²) in [5.41, 5.74) is 3.19. The maximum atomic E-state index is 12.3. The van der Waals surface area contributed by atoms with Crippen LogP contribution in [0.3, 0.4) is 0 Å². The van der Waals surface area contributed by atoms with Gasteiger partial charge in [0.05, 0.1) is 25.9 Å². The number of hydrogen-bond donors (Lipinski definition) is 2. The monoisotopic (exact) mass is 304 g/mol. The lowest BCUT2D eigenvalue weighted by Crippen LogP contribution is -2.47. The van der Waals surface area contributed by atoms with Crippen LogP contribution < -0.4 is 5.32 Å². The van der Waals surface area contributed by atoms with Crippen molar-refractivity contribution in [1.82, 2.24) is 10.2 Å². The van der Waals surface area contributed by atoms with Crippen LogP contribution in [0.25, 0.3) is 0 Å². The first-order chi connectivity index (χ1) is 10.6. The van der Waals surface area contributed by atoms with Crippen molar-refractivity contribution >= 4 is 6.03 Å². The van der Waals surface area contributed by atoms with Crippen molar-refractivity contribution < 1.29 is 14.6 Å². The number of rotatable bonds is 6. The molecule has 0 aliphatic carbocycles. The maximum Gasteiger partial charge on any atom is 0.318 e. The van der Waals surface area contributed by atoms with Crippen molar-refractivity contribution in [3.05, 3.63) is 47.5 Å². The van der Waals surface area contributed by atoms with E-state index >= 15 is 0 Å². The predicted molar refractivity (Wildman–Crippen MR) is 85.7 cm³/mol. The zero-order valence-electron chi connectivity index (χ0n) is 13.0. The normalized spacial score (nSPS) is 17.0. The minimum atomic E-state index is -0.277. The SMILES string of the molecule is C=C(C)COCCNC(=O)N1CCc2ccccc2C1CO. The van der Waals surface area contributed by atoms with Gasteiger partial charge >= 0.3 is 6.03 Å². The fourth-order valence-corrected chi connectivity index (χ4v) is 2.67. The molecule has 120 valence electrons. The van der Waals surface area contributed by atoms with Gasteiger partial charge in [0.25, 0.3) is 0 Å². The molecule has 0 saturated carbocycles. The third-order valence-corrected chi connectivity index (χ3v) is 3.72. The van der Waals surface area contributed by atoms with Gasteiger partial charge in [0.1, 0.15) is 0 Å². The van der Waals surface area contributed by atoms with E-state index in [4.69, 9.17) is 4.74 Å². The van der Waals surface area contributed by atoms with Crippen LogP contribution in [0, 0.1) is 0 Å². The quantitative estimate of drug-likeness (QED) is 0.623. The Bertz CT molecular complexity index is 530. The zero-order chi connectivity index (χ0) is 15.9. The Hall–Kier alpha value is -1.85. The Morgan fingerprint density at radius 2 is 2.27 bits per heavy atom. The highest BCUT2D eigenvalue weighted by molar-refractivity contribution is 5.75. The maximum absolute atomic E-state index is 12.3. The van der Waals surface area contributed by atoms with Crippen LogP contribution in [0.4, 0.5) is 4.79 Å². The summed E-state index contributed by atoms with van der Waals surface area (Å²) in [5.74, 6) is 0. The number of benzene rings is 1. The molecule has 1 aromatic carbocycles. The lowest BCUT2D eigenvalue weighted by molar-refractivity contribution is 0.121. The molecule has 0 saturated heterocycles. The second-order valence-electron chi connectivity index (χ2n) is 5.58. The first kappa shape index (κ1) is 16.5. The van der Waals surface area contributed by atoms with E-state index in [1.807, 2.05) is 25.1 Å². The van der Waals surface area contributed by atoms with Gasteiger partial charge in [0, 0.05) is 13.1 Å². The van der Waals surface area contributed by atoms with Crippen LogP contribution in [-0.4, -0.2) is 48.9 Å². The molecule has 1 heterocycles. The van der Waals surface area contributed by atoms with E-state index in [0.717, 1.165) is 17.6 Å². The minimum Gasteiger partial charge on any atom is -0.394 e. The number of carbonyl (C=O) groups is 1. The van der Waals surface area contributed by atoms with Crippen molar-refractivity contribution in [3.8, 4) is 0 Å². The van der Waals surface area contributed by atoms with Crippen LogP contribution in [0.2, 0.25) is 0 Å². The van der Waals surface area contributed by atoms with E-state index in [1.165, 1.54) is 5.56 Å². The van der Waals surface area contributed by atoms with Crippen molar-refractivity contribution in [1.29, 1.82) is 0 Å². The molecule has 0 fully saturated rings. The Balaban J connectivity index is 1.89. The molecule has 5 nitrogen and oxygen atoms in total. The van der Waals surface area contributed by atoms with Crippen LogP contribution in [0.1, 0.15) is 24.1 Å². The highest BCUT2D eigenvalue weighted by Gasteiger charge is 2.29. The lowest BCUT2D eigenvalue weighted by atomic mass is 9.93. The molecule has 1 unspecified atom stereocenters. The van der Waals surface area contributed by atoms with Gasteiger partial charge in [-0.2, -0.15) is 0 Å². The smallest absolute Gasteiger partial charge is 0.318 e. The molecule has 1 atom stereocenters. The molecular formula is C17H24N2O3. The number of nitrogens with one attached hydrogen (secondary N) is 1. The van der Waals surface area contributed by atoms with Gasteiger partial charge in [0.15, 0.2) is 0 Å². The average Bonchev–Trinajstić information content (AvgIpc) is 2.52. The van der Waals surface area contributed by atoms with Crippen molar-refractivity contribution in [3.63, 3.8) is 0 Å². The van der Waals surface area contributed by atoms with Crippen LogP contribution in [0.5, 0.6) is 0 Å². The van der Waals surface area contributed by atoms with Crippen molar-refractivity contribution in [2.24, 2.45) is 0 Å². The van der Waals surface area contributed by atoms with E-state index in [2.05, 4.69) is 18.0 Å². The topological polar surface area (TPSA) is 61.8 Å². The average molecular weight is 304 g/mol. The number of carbonyl (C=O) groups excluding carboxylic acids is 1. The Kier molecular flexibility index (Phi) is 5.98. The number of ether oxygens (including phenoxy) is 1. The number of aliphatic hydroxyl groups excluding tert-OH is 1. The third-order valence-electron chi connectivity index (χ3n) is 3.72. The van der Waals surface area contributed by atoms with Gasteiger partial charge in [-0.25, -0.2) is 4.79 Å². The fraction of sp³-hybridized carbons (Fsp3) is 0.471. The van der Waals surface area contributed by atoms with Crippen LogP contribution >= 0.6 is 0 Å². The molecule has 1 aliphatic rings. The number of hydrogen-bond acceptors (Lipinski definition) is 3. The summed E-state index contributed by atoms with van der Waals surface area (Å²) < 4.78 is 5.36. The number of amides is 2. The van der Waals surface area contributed by atoms with Crippen LogP contribution in [-0.2, 0) is 11.2 Å². The minimum absolute atomic E-state index is 0.0728. The molecule has 2 N–H and O–H groups in total. The Morgan fingerprint density at radius 1 is 1.50 bits per heavy atom. The standard InChI is InChI=1S/C17H24N2O3/c1-13(2)12-22-10-8-18-17(21)19-9-7-14-5-3-4-6-15(14)16(19)11-20/h3-6,16,20H,1,7-12H2,2H3,(H,18,21). The first-order valence-corrected chi connectivity index (χ1v) is 7.58. The van der Waals surface area contributed by atoms with Gasteiger partial charge in [-0.15, -0.1) is 0 Å². The molecule has 0 aromatic heterocycles. The van der Waals surface area contributed by atoms with Crippen LogP contribution in [0.15, 0.2) is 36.4 Å². The highest BCUT2D eigenvalue weighted by atomic mass is 16.5. The summed E-state index contributed by atoms with van der Waals surface area (Å²) >= 11 is 0. The Morgan fingerprint density at radius 3 is 3.00 bits per heavy atom. The number of urea groups is 1. The largest absolute Gasteiger partial charge is 0.394 e. The molecule has 0 radical (unpaired) electrons. The Labute approximate surface area is 131 Å². The summed E-state index contributed by atoms with van der Waals surface area (Å²) in [7, 11) is 0. The molecule has 5 heteroatoms. The van der Waals surface area contributed by atoms with Gasteiger partial charge in [0.2, 0.25) is 0 Å². The van der Waals surface area contributed by atoms with E-state index in [1.54, 1.807) is 4.90 Å². The molecule has 0 bridgehead atoms. The molecular weight excluding hydrogens is 280 g/mol. The molecule has 2 amide bonds. The molecule has 1 aromatic rings. The van der Waals surface area contributed by atoms with Gasteiger partial charge in [-0.1, -0.05) is 36.4 Å². The predicted octanol–water partition coefficient (Wildman–Crippen LogP) is 1.88. The lowest BCUT2D eigenvalue weighted by Gasteiger charge is -2.36. The number of fused-ring (bicyclic) bond motifs is 1. The summed E-state index contributed by atoms with van der Waals surface area (Å²) in [6.07, 6.45) is 0.812. The van der Waals surface area contributed by atoms with E-state index < -0.39 is 0 Å². The van der Waals surface area contributed by atoms with Gasteiger partial charge in [-0.05, 0) is 24.5 Å². The first-order valence-electron chi connectivity index (χ1n) is 7.58. The van der Waals surface area contributed by atoms with E-state index in [0.29, 0.717) is 26.3 Å². The zero-order valence-corrected chi connectivity index (χ0v) is 13.0. The number of aliphatic hydroxyl groups is 1. The third kappa shape index (κ3) is 4.08. The van der Waals surface area contributed by atoms with Crippen molar-refractivity contribution in [2.45, 2.75) is 19.4 Å². The van der Waals surface area contributed by atoms with E-state index in [9.17, 15) is 9.90 Å². The van der Waals surface area contributed by atoms with Gasteiger partial charge in [-0.3, -0.25) is 0 Å². The summed E-state index contributed by atoms with van der Waals surface area (Å²) in [6, 6.07) is 7.52. The molecule has 0 spiro atoms. The molecule has 2 rings (SSSR count). The second kappa shape index (κ2) is 7.96.